The number of piperidine rings is 1. The molecule has 2 N–H and O–H groups in total. The highest BCUT2D eigenvalue weighted by molar-refractivity contribution is 5.97. The number of carbonyl (C=O) groups is 1. The molecule has 0 saturated carbocycles. The van der Waals surface area contributed by atoms with Gasteiger partial charge in [-0.1, -0.05) is 30.3 Å². The van der Waals surface area contributed by atoms with Crippen molar-refractivity contribution in [2.75, 3.05) is 13.1 Å². The first-order chi connectivity index (χ1) is 10.8. The fourth-order valence-electron chi connectivity index (χ4n) is 2.60. The third kappa shape index (κ3) is 3.65. The Labute approximate surface area is 130 Å². The van der Waals surface area contributed by atoms with E-state index in [4.69, 9.17) is 4.74 Å². The molecule has 1 aliphatic heterocycles. The minimum Gasteiger partial charge on any atom is -0.457 e. The molecule has 1 atom stereocenters. The predicted octanol–water partition coefficient (Wildman–Crippen LogP) is 2.96. The Balaban J connectivity index is 1.74. The van der Waals surface area contributed by atoms with Crippen LogP contribution in [0.25, 0.3) is 0 Å². The quantitative estimate of drug-likeness (QED) is 0.912. The number of benzene rings is 2. The molecule has 1 fully saturated rings. The highest BCUT2D eigenvalue weighted by Gasteiger charge is 2.18. The summed E-state index contributed by atoms with van der Waals surface area (Å²) in [6, 6.07) is 17.0. The van der Waals surface area contributed by atoms with Crippen molar-refractivity contribution in [1.82, 2.24) is 10.6 Å². The van der Waals surface area contributed by atoms with Gasteiger partial charge in [0.25, 0.3) is 5.91 Å². The van der Waals surface area contributed by atoms with E-state index in [-0.39, 0.29) is 11.9 Å². The molecule has 0 spiro atoms. The summed E-state index contributed by atoms with van der Waals surface area (Å²) in [5.41, 5.74) is 0.567. The van der Waals surface area contributed by atoms with Crippen LogP contribution in [0.15, 0.2) is 54.6 Å². The van der Waals surface area contributed by atoms with E-state index in [2.05, 4.69) is 10.6 Å². The van der Waals surface area contributed by atoms with Gasteiger partial charge in [-0.3, -0.25) is 4.79 Å². The first kappa shape index (κ1) is 14.6. The van der Waals surface area contributed by atoms with E-state index in [1.54, 1.807) is 6.07 Å². The van der Waals surface area contributed by atoms with E-state index in [9.17, 15) is 4.79 Å². The Bertz CT molecular complexity index is 622. The molecule has 0 aliphatic carbocycles. The summed E-state index contributed by atoms with van der Waals surface area (Å²) < 4.78 is 5.84. The lowest BCUT2D eigenvalue weighted by molar-refractivity contribution is 0.0928. The minimum atomic E-state index is -0.0831. The highest BCUT2D eigenvalue weighted by atomic mass is 16.5. The number of hydrogen-bond donors (Lipinski definition) is 2. The van der Waals surface area contributed by atoms with Crippen LogP contribution < -0.4 is 15.4 Å². The molecule has 0 unspecified atom stereocenters. The van der Waals surface area contributed by atoms with Gasteiger partial charge in [0.05, 0.1) is 5.56 Å². The van der Waals surface area contributed by atoms with E-state index in [0.29, 0.717) is 11.3 Å². The van der Waals surface area contributed by atoms with Crippen molar-refractivity contribution in [3.63, 3.8) is 0 Å². The van der Waals surface area contributed by atoms with E-state index in [1.165, 1.54) is 0 Å². The third-order valence-corrected chi connectivity index (χ3v) is 3.73. The first-order valence-electron chi connectivity index (χ1n) is 7.66. The van der Waals surface area contributed by atoms with Crippen LogP contribution >= 0.6 is 0 Å². The molecule has 1 amide bonds. The summed E-state index contributed by atoms with van der Waals surface area (Å²) in [4.78, 5) is 12.5. The highest BCUT2D eigenvalue weighted by Crippen LogP contribution is 2.25. The van der Waals surface area contributed by atoms with Gasteiger partial charge in [0.15, 0.2) is 0 Å². The fourth-order valence-corrected chi connectivity index (χ4v) is 2.60. The zero-order chi connectivity index (χ0) is 15.2. The molecule has 4 nitrogen and oxygen atoms in total. The number of carbonyl (C=O) groups excluding carboxylic acids is 1. The van der Waals surface area contributed by atoms with Gasteiger partial charge in [-0.25, -0.2) is 0 Å². The van der Waals surface area contributed by atoms with Crippen molar-refractivity contribution >= 4 is 5.91 Å². The maximum absolute atomic E-state index is 12.5. The normalized spacial score (nSPS) is 17.7. The summed E-state index contributed by atoms with van der Waals surface area (Å²) in [5, 5.41) is 6.38. The largest absolute Gasteiger partial charge is 0.457 e. The second-order valence-corrected chi connectivity index (χ2v) is 5.43. The van der Waals surface area contributed by atoms with E-state index in [0.717, 1.165) is 31.7 Å². The average Bonchev–Trinajstić information content (AvgIpc) is 2.57. The van der Waals surface area contributed by atoms with Gasteiger partial charge in [-0.2, -0.15) is 0 Å². The number of rotatable bonds is 4. The maximum atomic E-state index is 12.5. The SMILES string of the molecule is O=C(N[C@H]1CCCNC1)c1ccccc1Oc1ccccc1. The third-order valence-electron chi connectivity index (χ3n) is 3.73. The van der Waals surface area contributed by atoms with E-state index < -0.39 is 0 Å². The van der Waals surface area contributed by atoms with Gasteiger partial charge in [0, 0.05) is 12.6 Å². The summed E-state index contributed by atoms with van der Waals surface area (Å²) in [6.07, 6.45) is 2.10. The van der Waals surface area contributed by atoms with Gasteiger partial charge in [0.1, 0.15) is 11.5 Å². The maximum Gasteiger partial charge on any atom is 0.255 e. The van der Waals surface area contributed by atoms with Gasteiger partial charge >= 0.3 is 0 Å². The predicted molar refractivity (Wildman–Crippen MR) is 86.3 cm³/mol. The molecule has 22 heavy (non-hydrogen) atoms. The van der Waals surface area contributed by atoms with Crippen LogP contribution in [0.3, 0.4) is 0 Å². The van der Waals surface area contributed by atoms with Crippen molar-refractivity contribution in [3.8, 4) is 11.5 Å². The van der Waals surface area contributed by atoms with Crippen LogP contribution in [0.5, 0.6) is 11.5 Å². The Hall–Kier alpha value is -2.33. The van der Waals surface area contributed by atoms with Gasteiger partial charge in [-0.05, 0) is 43.7 Å². The van der Waals surface area contributed by atoms with Crippen LogP contribution in [0.1, 0.15) is 23.2 Å². The fraction of sp³-hybridized carbons (Fsp3) is 0.278. The van der Waals surface area contributed by atoms with Crippen LogP contribution in [0, 0.1) is 0 Å². The lowest BCUT2D eigenvalue weighted by Gasteiger charge is -2.24. The van der Waals surface area contributed by atoms with Crippen molar-refractivity contribution in [3.05, 3.63) is 60.2 Å². The monoisotopic (exact) mass is 296 g/mol. The molecule has 1 saturated heterocycles. The minimum absolute atomic E-state index is 0.0831. The zero-order valence-electron chi connectivity index (χ0n) is 12.4. The van der Waals surface area contributed by atoms with E-state index in [1.807, 2.05) is 48.5 Å². The van der Waals surface area contributed by atoms with Crippen LogP contribution in [0.4, 0.5) is 0 Å². The van der Waals surface area contributed by atoms with Crippen molar-refractivity contribution in [1.29, 1.82) is 0 Å². The molecule has 4 heteroatoms. The summed E-state index contributed by atoms with van der Waals surface area (Å²) in [6.45, 7) is 1.85. The van der Waals surface area contributed by atoms with Crippen LogP contribution in [0.2, 0.25) is 0 Å². The van der Waals surface area contributed by atoms with Crippen LogP contribution in [-0.4, -0.2) is 25.0 Å². The number of amides is 1. The molecule has 1 aliphatic rings. The van der Waals surface area contributed by atoms with Crippen molar-refractivity contribution < 1.29 is 9.53 Å². The topological polar surface area (TPSA) is 50.4 Å². The average molecular weight is 296 g/mol. The Kier molecular flexibility index (Phi) is 4.71. The smallest absolute Gasteiger partial charge is 0.255 e. The Morgan fingerprint density at radius 2 is 1.86 bits per heavy atom. The lowest BCUT2D eigenvalue weighted by Crippen LogP contribution is -2.45. The molecule has 114 valence electrons. The summed E-state index contributed by atoms with van der Waals surface area (Å²) in [5.74, 6) is 1.22. The lowest BCUT2D eigenvalue weighted by atomic mass is 10.1. The zero-order valence-corrected chi connectivity index (χ0v) is 12.4. The Morgan fingerprint density at radius 1 is 1.09 bits per heavy atom. The summed E-state index contributed by atoms with van der Waals surface area (Å²) in [7, 11) is 0. The number of hydrogen-bond acceptors (Lipinski definition) is 3. The number of para-hydroxylation sites is 2. The molecule has 3 rings (SSSR count). The van der Waals surface area contributed by atoms with Crippen molar-refractivity contribution in [2.24, 2.45) is 0 Å². The second kappa shape index (κ2) is 7.09. The van der Waals surface area contributed by atoms with Gasteiger partial charge in [0.2, 0.25) is 0 Å². The molecule has 2 aromatic rings. The molecular formula is C18H20N2O2. The summed E-state index contributed by atoms with van der Waals surface area (Å²) >= 11 is 0. The first-order valence-corrected chi connectivity index (χ1v) is 7.66. The standard InChI is InChI=1S/C18H20N2O2/c21-18(20-14-7-6-12-19-13-14)16-10-4-5-11-17(16)22-15-8-2-1-3-9-15/h1-5,8-11,14,19H,6-7,12-13H2,(H,20,21)/t14-/m0/s1. The Morgan fingerprint density at radius 3 is 2.64 bits per heavy atom. The van der Waals surface area contributed by atoms with Gasteiger partial charge in [-0.15, -0.1) is 0 Å². The number of ether oxygens (including phenoxy) is 1. The van der Waals surface area contributed by atoms with E-state index >= 15 is 0 Å². The molecule has 1 heterocycles. The van der Waals surface area contributed by atoms with Gasteiger partial charge < -0.3 is 15.4 Å². The molecule has 0 aromatic heterocycles. The molecule has 2 aromatic carbocycles. The molecular weight excluding hydrogens is 276 g/mol. The number of nitrogens with one attached hydrogen (secondary N) is 2. The second-order valence-electron chi connectivity index (χ2n) is 5.43. The molecule has 0 bridgehead atoms. The molecule has 0 radical (unpaired) electrons. The van der Waals surface area contributed by atoms with Crippen LogP contribution in [-0.2, 0) is 0 Å². The van der Waals surface area contributed by atoms with Crippen molar-refractivity contribution in [2.45, 2.75) is 18.9 Å².